The number of methoxy groups -OCH3 is 1. The zero-order valence-corrected chi connectivity index (χ0v) is 15.2. The van der Waals surface area contributed by atoms with Crippen molar-refractivity contribution in [3.8, 4) is 5.75 Å². The molecular formula is C20H24N4O2. The smallest absolute Gasteiger partial charge is 0.272 e. The molecule has 4 rings (SSSR count). The summed E-state index contributed by atoms with van der Waals surface area (Å²) in [4.78, 5) is 14.8. The number of carbonyl (C=O) groups is 1. The normalized spacial score (nSPS) is 18.8. The molecule has 0 bridgehead atoms. The third kappa shape index (κ3) is 3.42. The van der Waals surface area contributed by atoms with Crippen LogP contribution in [0.4, 0.5) is 0 Å². The van der Waals surface area contributed by atoms with Crippen molar-refractivity contribution in [3.63, 3.8) is 0 Å². The van der Waals surface area contributed by atoms with Gasteiger partial charge in [-0.1, -0.05) is 18.2 Å². The Balaban J connectivity index is 1.33. The van der Waals surface area contributed by atoms with Crippen LogP contribution in [0.2, 0.25) is 0 Å². The number of hydrogen-bond acceptors (Lipinski definition) is 5. The van der Waals surface area contributed by atoms with Crippen molar-refractivity contribution < 1.29 is 9.53 Å². The number of rotatable bonds is 6. The van der Waals surface area contributed by atoms with E-state index < -0.39 is 0 Å². The summed E-state index contributed by atoms with van der Waals surface area (Å²) in [5.41, 5.74) is 2.72. The van der Waals surface area contributed by atoms with Crippen molar-refractivity contribution >= 4 is 5.91 Å². The summed E-state index contributed by atoms with van der Waals surface area (Å²) < 4.78 is 5.46. The Morgan fingerprint density at radius 3 is 2.81 bits per heavy atom. The van der Waals surface area contributed by atoms with Crippen LogP contribution in [0.3, 0.4) is 0 Å². The fourth-order valence-corrected chi connectivity index (χ4v) is 3.52. The van der Waals surface area contributed by atoms with Crippen LogP contribution in [0.25, 0.3) is 0 Å². The first-order valence-corrected chi connectivity index (χ1v) is 9.16. The number of nitrogens with one attached hydrogen (secondary N) is 1. The molecule has 2 aliphatic rings. The quantitative estimate of drug-likeness (QED) is 0.865. The maximum absolute atomic E-state index is 12.4. The van der Waals surface area contributed by atoms with E-state index in [1.54, 1.807) is 13.3 Å². The van der Waals surface area contributed by atoms with E-state index in [0.29, 0.717) is 11.6 Å². The van der Waals surface area contributed by atoms with Crippen LogP contribution < -0.4 is 10.1 Å². The summed E-state index contributed by atoms with van der Waals surface area (Å²) >= 11 is 0. The van der Waals surface area contributed by atoms with Gasteiger partial charge in [0.25, 0.3) is 5.91 Å². The highest BCUT2D eigenvalue weighted by atomic mass is 16.5. The minimum Gasteiger partial charge on any atom is -0.496 e. The second-order valence-electron chi connectivity index (χ2n) is 7.19. The molecule has 1 N–H and O–H groups in total. The molecule has 6 nitrogen and oxygen atoms in total. The predicted octanol–water partition coefficient (Wildman–Crippen LogP) is 2.54. The van der Waals surface area contributed by atoms with Crippen LogP contribution in [0.5, 0.6) is 5.75 Å². The lowest BCUT2D eigenvalue weighted by atomic mass is 9.99. The Morgan fingerprint density at radius 1 is 1.31 bits per heavy atom. The molecule has 136 valence electrons. The van der Waals surface area contributed by atoms with Gasteiger partial charge in [-0.05, 0) is 43.4 Å². The van der Waals surface area contributed by atoms with Gasteiger partial charge >= 0.3 is 0 Å². The number of benzene rings is 1. The highest BCUT2D eigenvalue weighted by Gasteiger charge is 2.33. The lowest BCUT2D eigenvalue weighted by Crippen LogP contribution is -2.59. The maximum atomic E-state index is 12.4. The lowest BCUT2D eigenvalue weighted by Gasteiger charge is -2.43. The molecular weight excluding hydrogens is 328 g/mol. The Labute approximate surface area is 153 Å². The third-order valence-electron chi connectivity index (χ3n) is 5.34. The van der Waals surface area contributed by atoms with Crippen LogP contribution in [0, 0.1) is 0 Å². The second-order valence-corrected chi connectivity index (χ2v) is 7.19. The Bertz CT molecular complexity index is 800. The first-order chi connectivity index (χ1) is 12.7. The number of carbonyl (C=O) groups excluding carboxylic acids is 1. The van der Waals surface area contributed by atoms with Gasteiger partial charge in [-0.25, -0.2) is 0 Å². The van der Waals surface area contributed by atoms with E-state index in [1.165, 1.54) is 18.4 Å². The van der Waals surface area contributed by atoms with Gasteiger partial charge in [0, 0.05) is 24.7 Å². The SMILES string of the molecule is COc1ccccc1[C@H](C)N1CC(NC(=O)c2cc(C3CC3)cnn2)C1. The van der Waals surface area contributed by atoms with E-state index in [1.807, 2.05) is 24.3 Å². The van der Waals surface area contributed by atoms with Gasteiger partial charge in [0.15, 0.2) is 5.69 Å². The molecule has 26 heavy (non-hydrogen) atoms. The standard InChI is InChI=1S/C20H24N4O2/c1-13(17-5-3-4-6-19(17)26-2)24-11-16(12-24)22-20(25)18-9-15(10-21-23-18)14-7-8-14/h3-6,9-10,13-14,16H,7-8,11-12H2,1-2H3,(H,22,25)/t13-/m0/s1. The van der Waals surface area contributed by atoms with Crippen LogP contribution in [-0.4, -0.2) is 47.2 Å². The van der Waals surface area contributed by atoms with Crippen LogP contribution in [0.15, 0.2) is 36.5 Å². The molecule has 1 saturated heterocycles. The van der Waals surface area contributed by atoms with Gasteiger partial charge in [0.1, 0.15) is 5.75 Å². The first-order valence-electron chi connectivity index (χ1n) is 9.16. The average Bonchev–Trinajstić information content (AvgIpc) is 3.49. The summed E-state index contributed by atoms with van der Waals surface area (Å²) in [7, 11) is 1.70. The van der Waals surface area contributed by atoms with E-state index in [0.717, 1.165) is 24.4 Å². The minimum atomic E-state index is -0.130. The van der Waals surface area contributed by atoms with E-state index in [-0.39, 0.29) is 18.0 Å². The lowest BCUT2D eigenvalue weighted by molar-refractivity contribution is 0.0665. The van der Waals surface area contributed by atoms with Gasteiger partial charge in [0.05, 0.1) is 19.3 Å². The molecule has 0 unspecified atom stereocenters. The summed E-state index contributed by atoms with van der Waals surface area (Å²) in [5.74, 6) is 1.34. The highest BCUT2D eigenvalue weighted by molar-refractivity contribution is 5.92. The molecule has 2 fully saturated rings. The molecule has 1 aliphatic heterocycles. The Hall–Kier alpha value is -2.47. The summed E-state index contributed by atoms with van der Waals surface area (Å²) in [6.45, 7) is 3.81. The number of nitrogens with zero attached hydrogens (tertiary/aromatic N) is 3. The number of amides is 1. The molecule has 0 radical (unpaired) electrons. The minimum absolute atomic E-state index is 0.130. The molecule has 2 heterocycles. The fraction of sp³-hybridized carbons (Fsp3) is 0.450. The number of likely N-dealkylation sites (tertiary alicyclic amines) is 1. The van der Waals surface area contributed by atoms with Crippen molar-refractivity contribution in [2.75, 3.05) is 20.2 Å². The first kappa shape index (κ1) is 17.0. The molecule has 1 aromatic carbocycles. The van der Waals surface area contributed by atoms with E-state index in [4.69, 9.17) is 4.74 Å². The number of ether oxygens (including phenoxy) is 1. The Morgan fingerprint density at radius 2 is 2.08 bits per heavy atom. The zero-order chi connectivity index (χ0) is 18.1. The zero-order valence-electron chi connectivity index (χ0n) is 15.2. The summed E-state index contributed by atoms with van der Waals surface area (Å²) in [6, 6.07) is 10.4. The molecule has 0 spiro atoms. The second kappa shape index (κ2) is 7.03. The van der Waals surface area contributed by atoms with Gasteiger partial charge in [-0.15, -0.1) is 5.10 Å². The van der Waals surface area contributed by atoms with Crippen LogP contribution >= 0.6 is 0 Å². The van der Waals surface area contributed by atoms with Gasteiger partial charge < -0.3 is 10.1 Å². The van der Waals surface area contributed by atoms with E-state index in [9.17, 15) is 4.79 Å². The van der Waals surface area contributed by atoms with Gasteiger partial charge in [-0.3, -0.25) is 9.69 Å². The van der Waals surface area contributed by atoms with Crippen LogP contribution in [0.1, 0.15) is 53.3 Å². The topological polar surface area (TPSA) is 67.3 Å². The molecule has 1 aromatic heterocycles. The molecule has 1 saturated carbocycles. The van der Waals surface area contributed by atoms with Crippen molar-refractivity contribution in [3.05, 3.63) is 53.3 Å². The van der Waals surface area contributed by atoms with Crippen LogP contribution in [-0.2, 0) is 0 Å². The largest absolute Gasteiger partial charge is 0.496 e. The summed E-state index contributed by atoms with van der Waals surface area (Å²) in [5, 5.41) is 11.0. The van der Waals surface area contributed by atoms with Crippen molar-refractivity contribution in [2.24, 2.45) is 0 Å². The molecule has 2 aromatic rings. The number of hydrogen-bond donors (Lipinski definition) is 1. The highest BCUT2D eigenvalue weighted by Crippen LogP contribution is 2.39. The van der Waals surface area contributed by atoms with Gasteiger partial charge in [0.2, 0.25) is 0 Å². The fourth-order valence-electron chi connectivity index (χ4n) is 3.52. The molecule has 1 aliphatic carbocycles. The van der Waals surface area contributed by atoms with E-state index in [2.05, 4.69) is 33.4 Å². The van der Waals surface area contributed by atoms with Gasteiger partial charge in [-0.2, -0.15) is 5.10 Å². The number of para-hydroxylation sites is 1. The predicted molar refractivity (Wildman–Crippen MR) is 98.2 cm³/mol. The maximum Gasteiger partial charge on any atom is 0.272 e. The Kier molecular flexibility index (Phi) is 4.59. The van der Waals surface area contributed by atoms with Crippen molar-refractivity contribution in [1.29, 1.82) is 0 Å². The average molecular weight is 352 g/mol. The molecule has 1 amide bonds. The number of aromatic nitrogens is 2. The molecule has 6 heteroatoms. The summed E-state index contributed by atoms with van der Waals surface area (Å²) in [6.07, 6.45) is 4.14. The van der Waals surface area contributed by atoms with Crippen molar-refractivity contribution in [1.82, 2.24) is 20.4 Å². The van der Waals surface area contributed by atoms with Crippen molar-refractivity contribution in [2.45, 2.75) is 37.8 Å². The third-order valence-corrected chi connectivity index (χ3v) is 5.34. The monoisotopic (exact) mass is 352 g/mol. The van der Waals surface area contributed by atoms with E-state index >= 15 is 0 Å². The molecule has 1 atom stereocenters.